The van der Waals surface area contributed by atoms with Crippen LogP contribution in [0.15, 0.2) is 29.0 Å². The first-order chi connectivity index (χ1) is 8.60. The first-order valence-corrected chi connectivity index (χ1v) is 6.45. The molecule has 2 aromatic heterocycles. The predicted octanol–water partition coefficient (Wildman–Crippen LogP) is 1.63. The van der Waals surface area contributed by atoms with E-state index in [1.165, 1.54) is 0 Å². The van der Waals surface area contributed by atoms with Crippen LogP contribution in [0.3, 0.4) is 0 Å². The molecule has 2 rings (SSSR count). The molecule has 1 atom stereocenters. The molecule has 0 saturated carbocycles. The molecular formula is C12H16BrN5. The molecule has 0 aliphatic carbocycles. The summed E-state index contributed by atoms with van der Waals surface area (Å²) in [6.07, 6.45) is 4.34. The van der Waals surface area contributed by atoms with Crippen LogP contribution in [0.5, 0.6) is 0 Å². The minimum atomic E-state index is 0.0183. The molecule has 18 heavy (non-hydrogen) atoms. The van der Waals surface area contributed by atoms with Crippen molar-refractivity contribution in [1.29, 1.82) is 0 Å². The molecule has 0 radical (unpaired) electrons. The smallest absolute Gasteiger partial charge is 0.0596 e. The molecule has 0 spiro atoms. The first-order valence-electron chi connectivity index (χ1n) is 5.66. The summed E-state index contributed by atoms with van der Waals surface area (Å²) in [5.74, 6) is 5.64. The fourth-order valence-corrected chi connectivity index (χ4v) is 2.34. The highest BCUT2D eigenvalue weighted by Gasteiger charge is 2.14. The van der Waals surface area contributed by atoms with E-state index < -0.39 is 0 Å². The van der Waals surface area contributed by atoms with E-state index in [0.29, 0.717) is 0 Å². The van der Waals surface area contributed by atoms with E-state index in [-0.39, 0.29) is 6.04 Å². The number of nitrogens with one attached hydrogen (secondary N) is 1. The average molecular weight is 310 g/mol. The van der Waals surface area contributed by atoms with Gasteiger partial charge in [-0.2, -0.15) is 5.10 Å². The first kappa shape index (κ1) is 13.2. The monoisotopic (exact) mass is 309 g/mol. The van der Waals surface area contributed by atoms with Crippen LogP contribution < -0.4 is 11.3 Å². The van der Waals surface area contributed by atoms with Crippen molar-refractivity contribution in [2.75, 3.05) is 0 Å². The molecule has 1 unspecified atom stereocenters. The fraction of sp³-hybridized carbons (Fsp3) is 0.333. The number of hydrogen-bond donors (Lipinski definition) is 2. The minimum absolute atomic E-state index is 0.0183. The Kier molecular flexibility index (Phi) is 4.11. The van der Waals surface area contributed by atoms with Crippen LogP contribution in [0.25, 0.3) is 0 Å². The molecule has 3 N–H and O–H groups in total. The molecule has 96 valence electrons. The third-order valence-electron chi connectivity index (χ3n) is 2.84. The largest absolute Gasteiger partial charge is 0.272 e. The number of pyridine rings is 1. The van der Waals surface area contributed by atoms with Crippen molar-refractivity contribution in [2.24, 2.45) is 12.9 Å². The van der Waals surface area contributed by atoms with Gasteiger partial charge in [0.1, 0.15) is 0 Å². The van der Waals surface area contributed by atoms with Gasteiger partial charge in [-0.15, -0.1) is 0 Å². The lowest BCUT2D eigenvalue weighted by Gasteiger charge is -2.16. The maximum atomic E-state index is 5.64. The number of hydrogen-bond acceptors (Lipinski definition) is 4. The van der Waals surface area contributed by atoms with Gasteiger partial charge in [-0.1, -0.05) is 0 Å². The highest BCUT2D eigenvalue weighted by atomic mass is 79.9. The van der Waals surface area contributed by atoms with Crippen molar-refractivity contribution < 1.29 is 0 Å². The predicted molar refractivity (Wildman–Crippen MR) is 73.7 cm³/mol. The van der Waals surface area contributed by atoms with Crippen molar-refractivity contribution in [1.82, 2.24) is 20.2 Å². The quantitative estimate of drug-likeness (QED) is 0.665. The molecule has 0 aliphatic rings. The zero-order valence-electron chi connectivity index (χ0n) is 10.4. The fourth-order valence-electron chi connectivity index (χ4n) is 1.96. The van der Waals surface area contributed by atoms with E-state index in [4.69, 9.17) is 5.84 Å². The van der Waals surface area contributed by atoms with Crippen LogP contribution in [-0.4, -0.2) is 14.8 Å². The van der Waals surface area contributed by atoms with Gasteiger partial charge in [-0.3, -0.25) is 20.9 Å². The SMILES string of the molecule is Cc1cc(CC(NN)c2cncc(Br)c2)n(C)n1. The van der Waals surface area contributed by atoms with E-state index in [1.807, 2.05) is 30.9 Å². The van der Waals surface area contributed by atoms with Gasteiger partial charge in [-0.05, 0) is 40.5 Å². The van der Waals surface area contributed by atoms with Crippen molar-refractivity contribution >= 4 is 15.9 Å². The summed E-state index contributed by atoms with van der Waals surface area (Å²) in [7, 11) is 1.94. The number of aromatic nitrogens is 3. The van der Waals surface area contributed by atoms with E-state index in [0.717, 1.165) is 27.8 Å². The lowest BCUT2D eigenvalue weighted by molar-refractivity contribution is 0.528. The van der Waals surface area contributed by atoms with Crippen LogP contribution in [0.2, 0.25) is 0 Å². The van der Waals surface area contributed by atoms with Gasteiger partial charge in [0.25, 0.3) is 0 Å². The zero-order valence-corrected chi connectivity index (χ0v) is 12.0. The Morgan fingerprint density at radius 3 is 2.78 bits per heavy atom. The number of aryl methyl sites for hydroxylation is 2. The van der Waals surface area contributed by atoms with Crippen LogP contribution >= 0.6 is 15.9 Å². The van der Waals surface area contributed by atoms with Gasteiger partial charge >= 0.3 is 0 Å². The van der Waals surface area contributed by atoms with Crippen molar-refractivity contribution in [2.45, 2.75) is 19.4 Å². The topological polar surface area (TPSA) is 68.8 Å². The van der Waals surface area contributed by atoms with Crippen LogP contribution in [0.4, 0.5) is 0 Å². The Balaban J connectivity index is 2.22. The standard InChI is InChI=1S/C12H16BrN5/c1-8-3-11(18(2)17-8)5-12(16-14)9-4-10(13)7-15-6-9/h3-4,6-7,12,16H,5,14H2,1-2H3. The number of nitrogens with zero attached hydrogens (tertiary/aromatic N) is 3. The van der Waals surface area contributed by atoms with E-state index in [2.05, 4.69) is 37.5 Å². The Morgan fingerprint density at radius 2 is 2.22 bits per heavy atom. The maximum absolute atomic E-state index is 5.64. The number of halogens is 1. The van der Waals surface area contributed by atoms with Gasteiger partial charge in [0.2, 0.25) is 0 Å². The third kappa shape index (κ3) is 2.95. The van der Waals surface area contributed by atoms with Crippen LogP contribution in [0.1, 0.15) is 23.0 Å². The molecule has 2 aromatic rings. The molecule has 2 heterocycles. The summed E-state index contributed by atoms with van der Waals surface area (Å²) in [5, 5.41) is 4.33. The van der Waals surface area contributed by atoms with Crippen LogP contribution in [0, 0.1) is 6.92 Å². The lowest BCUT2D eigenvalue weighted by Crippen LogP contribution is -2.30. The molecule has 0 amide bonds. The van der Waals surface area contributed by atoms with Crippen molar-refractivity contribution in [3.63, 3.8) is 0 Å². The number of rotatable bonds is 4. The second kappa shape index (κ2) is 5.60. The molecule has 0 aliphatic heterocycles. The second-order valence-corrected chi connectivity index (χ2v) is 5.18. The molecule has 6 heteroatoms. The highest BCUT2D eigenvalue weighted by Crippen LogP contribution is 2.20. The lowest BCUT2D eigenvalue weighted by atomic mass is 10.0. The second-order valence-electron chi connectivity index (χ2n) is 4.26. The van der Waals surface area contributed by atoms with Gasteiger partial charge in [0.05, 0.1) is 11.7 Å². The molecule has 0 saturated heterocycles. The molecule has 0 aromatic carbocycles. The third-order valence-corrected chi connectivity index (χ3v) is 3.28. The van der Waals surface area contributed by atoms with Gasteiger partial charge in [0.15, 0.2) is 0 Å². The zero-order chi connectivity index (χ0) is 13.1. The van der Waals surface area contributed by atoms with Gasteiger partial charge in [0, 0.05) is 36.0 Å². The highest BCUT2D eigenvalue weighted by molar-refractivity contribution is 9.10. The summed E-state index contributed by atoms with van der Waals surface area (Å²) in [4.78, 5) is 4.16. The van der Waals surface area contributed by atoms with E-state index >= 15 is 0 Å². The summed E-state index contributed by atoms with van der Waals surface area (Å²) in [6.45, 7) is 1.98. The van der Waals surface area contributed by atoms with Gasteiger partial charge in [-0.25, -0.2) is 0 Å². The summed E-state index contributed by atoms with van der Waals surface area (Å²) in [5.41, 5.74) is 6.02. The normalized spacial score (nSPS) is 12.7. The molecule has 0 bridgehead atoms. The van der Waals surface area contributed by atoms with Crippen LogP contribution in [-0.2, 0) is 13.5 Å². The molecular weight excluding hydrogens is 294 g/mol. The average Bonchev–Trinajstić information content (AvgIpc) is 2.64. The van der Waals surface area contributed by atoms with E-state index in [9.17, 15) is 0 Å². The van der Waals surface area contributed by atoms with Crippen molar-refractivity contribution in [3.05, 3.63) is 46.0 Å². The number of hydrazine groups is 1. The number of nitrogens with two attached hydrogens (primary N) is 1. The Hall–Kier alpha value is -1.24. The van der Waals surface area contributed by atoms with Crippen molar-refractivity contribution in [3.8, 4) is 0 Å². The Labute approximate surface area is 115 Å². The summed E-state index contributed by atoms with van der Waals surface area (Å²) in [6, 6.07) is 4.10. The Morgan fingerprint density at radius 1 is 1.44 bits per heavy atom. The summed E-state index contributed by atoms with van der Waals surface area (Å²) < 4.78 is 2.83. The Bertz CT molecular complexity index is 537. The minimum Gasteiger partial charge on any atom is -0.272 e. The molecule has 5 nitrogen and oxygen atoms in total. The molecule has 0 fully saturated rings. The van der Waals surface area contributed by atoms with E-state index in [1.54, 1.807) is 6.20 Å². The summed E-state index contributed by atoms with van der Waals surface area (Å²) >= 11 is 3.42. The van der Waals surface area contributed by atoms with Gasteiger partial charge < -0.3 is 0 Å². The maximum Gasteiger partial charge on any atom is 0.0596 e.